The van der Waals surface area contributed by atoms with Crippen molar-refractivity contribution >= 4 is 23.0 Å². The third-order valence-corrected chi connectivity index (χ3v) is 5.62. The molecule has 1 aliphatic heterocycles. The van der Waals surface area contributed by atoms with Gasteiger partial charge in [-0.25, -0.2) is 14.6 Å². The molecule has 0 spiro atoms. The number of nitrogens with one attached hydrogen (secondary N) is 1. The zero-order valence-electron chi connectivity index (χ0n) is 18.1. The summed E-state index contributed by atoms with van der Waals surface area (Å²) in [5, 5.41) is 7.17. The molecule has 5 rings (SSSR count). The summed E-state index contributed by atoms with van der Waals surface area (Å²) < 4.78 is 1.67. The van der Waals surface area contributed by atoms with Gasteiger partial charge in [-0.15, -0.1) is 0 Å². The van der Waals surface area contributed by atoms with Gasteiger partial charge in [0.05, 0.1) is 34.6 Å². The van der Waals surface area contributed by atoms with Crippen LogP contribution in [0, 0.1) is 0 Å². The third kappa shape index (κ3) is 4.38. The molecule has 4 aromatic heterocycles. The number of hydrogen-bond donors (Lipinski definition) is 2. The van der Waals surface area contributed by atoms with Crippen molar-refractivity contribution in [3.8, 4) is 17.2 Å². The van der Waals surface area contributed by atoms with Crippen molar-refractivity contribution in [3.63, 3.8) is 0 Å². The number of anilines is 3. The third-order valence-electron chi connectivity index (χ3n) is 5.62. The molecular formula is C24H24N8O. The second-order valence-corrected chi connectivity index (χ2v) is 7.86. The molecule has 33 heavy (non-hydrogen) atoms. The van der Waals surface area contributed by atoms with Gasteiger partial charge in [0.15, 0.2) is 11.5 Å². The van der Waals surface area contributed by atoms with Gasteiger partial charge >= 0.3 is 0 Å². The molecule has 3 N–H and O–H groups in total. The number of carbonyl (C=O) groups is 1. The Morgan fingerprint density at radius 2 is 1.79 bits per heavy atom. The minimum absolute atomic E-state index is 0.146. The first-order valence-corrected chi connectivity index (χ1v) is 10.9. The largest absolute Gasteiger partial charge is 0.397 e. The van der Waals surface area contributed by atoms with Crippen LogP contribution in [0.2, 0.25) is 0 Å². The van der Waals surface area contributed by atoms with E-state index in [9.17, 15) is 4.79 Å². The van der Waals surface area contributed by atoms with Crippen molar-refractivity contribution < 1.29 is 4.79 Å². The number of rotatable bonds is 5. The molecule has 0 unspecified atom stereocenters. The highest BCUT2D eigenvalue weighted by molar-refractivity contribution is 6.07. The lowest BCUT2D eigenvalue weighted by Gasteiger charge is -2.30. The Kier molecular flexibility index (Phi) is 5.67. The van der Waals surface area contributed by atoms with Crippen LogP contribution in [-0.2, 0) is 0 Å². The zero-order valence-corrected chi connectivity index (χ0v) is 18.1. The van der Waals surface area contributed by atoms with E-state index in [1.54, 1.807) is 35.4 Å². The van der Waals surface area contributed by atoms with E-state index in [4.69, 9.17) is 5.73 Å². The molecule has 1 aliphatic rings. The van der Waals surface area contributed by atoms with Crippen molar-refractivity contribution in [2.75, 3.05) is 29.0 Å². The van der Waals surface area contributed by atoms with E-state index in [0.29, 0.717) is 28.6 Å². The second kappa shape index (κ2) is 9.07. The van der Waals surface area contributed by atoms with E-state index in [2.05, 4.69) is 30.3 Å². The van der Waals surface area contributed by atoms with E-state index in [1.807, 2.05) is 36.5 Å². The molecule has 9 nitrogen and oxygen atoms in total. The maximum atomic E-state index is 13.2. The summed E-state index contributed by atoms with van der Waals surface area (Å²) in [6.45, 7) is 1.92. The fourth-order valence-corrected chi connectivity index (χ4v) is 3.97. The maximum absolute atomic E-state index is 13.2. The minimum atomic E-state index is -0.385. The quantitative estimate of drug-likeness (QED) is 0.488. The molecule has 0 radical (unpaired) electrons. The van der Waals surface area contributed by atoms with Gasteiger partial charge in [0.2, 0.25) is 0 Å². The van der Waals surface area contributed by atoms with Crippen molar-refractivity contribution in [2.45, 2.75) is 19.3 Å². The summed E-state index contributed by atoms with van der Waals surface area (Å²) in [6, 6.07) is 12.7. The summed E-state index contributed by atoms with van der Waals surface area (Å²) >= 11 is 0. The number of aromatic nitrogens is 5. The molecular weight excluding hydrogens is 416 g/mol. The monoisotopic (exact) mass is 440 g/mol. The SMILES string of the molecule is Nc1ccc(-c2cccc(-n3cccn3)n2)nc1C(=O)Nc1cnccc1N1CCCCC1. The van der Waals surface area contributed by atoms with Crippen molar-refractivity contribution in [2.24, 2.45) is 0 Å². The molecule has 0 aliphatic carbocycles. The Balaban J connectivity index is 1.43. The predicted molar refractivity (Wildman–Crippen MR) is 127 cm³/mol. The topological polar surface area (TPSA) is 115 Å². The van der Waals surface area contributed by atoms with Crippen LogP contribution in [0.3, 0.4) is 0 Å². The Labute approximate surface area is 191 Å². The lowest BCUT2D eigenvalue weighted by Crippen LogP contribution is -2.30. The van der Waals surface area contributed by atoms with Crippen molar-refractivity contribution in [1.82, 2.24) is 24.7 Å². The fourth-order valence-electron chi connectivity index (χ4n) is 3.97. The highest BCUT2D eigenvalue weighted by Crippen LogP contribution is 2.28. The molecule has 5 heterocycles. The molecule has 0 atom stereocenters. The van der Waals surface area contributed by atoms with Crippen LogP contribution in [0.25, 0.3) is 17.2 Å². The van der Waals surface area contributed by atoms with Gasteiger partial charge in [0, 0.05) is 31.7 Å². The number of nitrogens with two attached hydrogens (primary N) is 1. The Morgan fingerprint density at radius 1 is 0.939 bits per heavy atom. The van der Waals surface area contributed by atoms with Crippen LogP contribution in [0.15, 0.2) is 67.3 Å². The molecule has 166 valence electrons. The maximum Gasteiger partial charge on any atom is 0.276 e. The van der Waals surface area contributed by atoms with E-state index in [-0.39, 0.29) is 11.6 Å². The number of amides is 1. The number of nitrogens with zero attached hydrogens (tertiary/aromatic N) is 6. The minimum Gasteiger partial charge on any atom is -0.397 e. The van der Waals surface area contributed by atoms with Crippen LogP contribution in [0.5, 0.6) is 0 Å². The molecule has 4 aromatic rings. The van der Waals surface area contributed by atoms with E-state index < -0.39 is 0 Å². The average Bonchev–Trinajstić information content (AvgIpc) is 3.40. The highest BCUT2D eigenvalue weighted by atomic mass is 16.1. The van der Waals surface area contributed by atoms with Crippen LogP contribution in [0.1, 0.15) is 29.8 Å². The van der Waals surface area contributed by atoms with Crippen LogP contribution in [-0.4, -0.2) is 43.7 Å². The fraction of sp³-hybridized carbons (Fsp3) is 0.208. The Hall–Kier alpha value is -4.27. The molecule has 0 saturated carbocycles. The molecule has 9 heteroatoms. The van der Waals surface area contributed by atoms with Gasteiger partial charge in [0.25, 0.3) is 5.91 Å². The van der Waals surface area contributed by atoms with Crippen molar-refractivity contribution in [3.05, 3.63) is 72.9 Å². The standard InChI is InChI=1S/C24H24N8O/c25-17-8-9-19(18-6-4-7-22(28-18)32-15-5-11-27-32)29-23(17)24(33)30-20-16-26-12-10-21(20)31-13-2-1-3-14-31/h4-12,15-16H,1-3,13-14,25H2,(H,30,33). The van der Waals surface area contributed by atoms with Gasteiger partial charge in [-0.05, 0) is 55.7 Å². The van der Waals surface area contributed by atoms with Crippen LogP contribution in [0.4, 0.5) is 17.1 Å². The van der Waals surface area contributed by atoms with Gasteiger partial charge < -0.3 is 16.0 Å². The molecule has 1 fully saturated rings. The van der Waals surface area contributed by atoms with Crippen LogP contribution >= 0.6 is 0 Å². The molecule has 0 bridgehead atoms. The summed E-state index contributed by atoms with van der Waals surface area (Å²) in [6.07, 6.45) is 10.4. The van der Waals surface area contributed by atoms with Gasteiger partial charge in [-0.3, -0.25) is 9.78 Å². The Morgan fingerprint density at radius 3 is 2.61 bits per heavy atom. The number of nitrogen functional groups attached to an aromatic ring is 1. The van der Waals surface area contributed by atoms with E-state index in [1.165, 1.54) is 6.42 Å². The summed E-state index contributed by atoms with van der Waals surface area (Å²) in [5.41, 5.74) is 9.34. The first-order chi connectivity index (χ1) is 16.2. The lowest BCUT2D eigenvalue weighted by atomic mass is 10.1. The number of piperidine rings is 1. The number of pyridine rings is 3. The van der Waals surface area contributed by atoms with Gasteiger partial charge in [-0.2, -0.15) is 5.10 Å². The summed E-state index contributed by atoms with van der Waals surface area (Å²) in [4.78, 5) is 28.8. The molecule has 0 aromatic carbocycles. The predicted octanol–water partition coefficient (Wildman–Crippen LogP) is 3.55. The summed E-state index contributed by atoms with van der Waals surface area (Å²) in [5.74, 6) is 0.271. The average molecular weight is 441 g/mol. The van der Waals surface area contributed by atoms with Crippen LogP contribution < -0.4 is 16.0 Å². The molecule has 1 amide bonds. The first-order valence-electron chi connectivity index (χ1n) is 10.9. The first kappa shape index (κ1) is 20.6. The van der Waals surface area contributed by atoms with Crippen molar-refractivity contribution in [1.29, 1.82) is 0 Å². The highest BCUT2D eigenvalue weighted by Gasteiger charge is 2.19. The zero-order chi connectivity index (χ0) is 22.6. The lowest BCUT2D eigenvalue weighted by molar-refractivity contribution is 0.102. The molecule has 1 saturated heterocycles. The second-order valence-electron chi connectivity index (χ2n) is 7.86. The number of carbonyl (C=O) groups excluding carboxylic acids is 1. The smallest absolute Gasteiger partial charge is 0.276 e. The van der Waals surface area contributed by atoms with E-state index in [0.717, 1.165) is 31.6 Å². The number of hydrogen-bond acceptors (Lipinski definition) is 7. The van der Waals surface area contributed by atoms with E-state index >= 15 is 0 Å². The summed E-state index contributed by atoms with van der Waals surface area (Å²) in [7, 11) is 0. The Bertz CT molecular complexity index is 1270. The normalized spacial score (nSPS) is 13.6. The van der Waals surface area contributed by atoms with Gasteiger partial charge in [-0.1, -0.05) is 6.07 Å². The van der Waals surface area contributed by atoms with Gasteiger partial charge in [0.1, 0.15) is 0 Å².